The van der Waals surface area contributed by atoms with Gasteiger partial charge in [0.1, 0.15) is 0 Å². The Balaban J connectivity index is 2.23. The topological polar surface area (TPSA) is 63.1 Å². The third kappa shape index (κ3) is 4.58. The van der Waals surface area contributed by atoms with Crippen molar-refractivity contribution in [2.45, 2.75) is 51.6 Å². The SMILES string of the molecule is CCNC(=O)[C@@H](C)Sc1nnc(-c2ccc(N(CC)CC)cc2)n1CC. The molecule has 7 heteroatoms. The Hall–Kier alpha value is -2.02. The molecule has 0 radical (unpaired) electrons. The van der Waals surface area contributed by atoms with E-state index in [1.54, 1.807) is 0 Å². The summed E-state index contributed by atoms with van der Waals surface area (Å²) in [6, 6.07) is 8.43. The van der Waals surface area contributed by atoms with Gasteiger partial charge in [0.2, 0.25) is 5.91 Å². The predicted molar refractivity (Wildman–Crippen MR) is 109 cm³/mol. The van der Waals surface area contributed by atoms with Crippen LogP contribution in [0, 0.1) is 0 Å². The van der Waals surface area contributed by atoms with Crippen molar-refractivity contribution in [3.63, 3.8) is 0 Å². The molecule has 1 aromatic carbocycles. The molecule has 0 bridgehead atoms. The van der Waals surface area contributed by atoms with Crippen LogP contribution in [0.25, 0.3) is 11.4 Å². The van der Waals surface area contributed by atoms with Crippen molar-refractivity contribution >= 4 is 23.4 Å². The Morgan fingerprint density at radius 2 is 1.81 bits per heavy atom. The molecule has 0 fully saturated rings. The standard InChI is InChI=1S/C19H29N5OS/c1-6-20-18(25)14(5)26-19-22-21-17(24(19)9-4)15-10-12-16(13-11-15)23(7-2)8-3/h10-14H,6-9H2,1-5H3,(H,20,25)/t14-/m1/s1. The molecule has 2 aromatic rings. The number of carbonyl (C=O) groups excluding carboxylic acids is 1. The van der Waals surface area contributed by atoms with E-state index in [9.17, 15) is 4.79 Å². The number of anilines is 1. The lowest BCUT2D eigenvalue weighted by atomic mass is 10.2. The van der Waals surface area contributed by atoms with Crippen LogP contribution in [0.1, 0.15) is 34.6 Å². The van der Waals surface area contributed by atoms with Crippen LogP contribution >= 0.6 is 11.8 Å². The normalized spacial score (nSPS) is 12.0. The zero-order valence-electron chi connectivity index (χ0n) is 16.3. The molecule has 26 heavy (non-hydrogen) atoms. The predicted octanol–water partition coefficient (Wildman–Crippen LogP) is 3.43. The van der Waals surface area contributed by atoms with Crippen LogP contribution in [0.5, 0.6) is 0 Å². The fourth-order valence-electron chi connectivity index (χ4n) is 2.81. The van der Waals surface area contributed by atoms with E-state index in [0.717, 1.165) is 36.2 Å². The van der Waals surface area contributed by atoms with Gasteiger partial charge in [-0.15, -0.1) is 10.2 Å². The number of benzene rings is 1. The van der Waals surface area contributed by atoms with Gasteiger partial charge in [-0.05, 0) is 58.9 Å². The van der Waals surface area contributed by atoms with Crippen molar-refractivity contribution in [3.8, 4) is 11.4 Å². The van der Waals surface area contributed by atoms with Gasteiger partial charge in [0.25, 0.3) is 0 Å². The van der Waals surface area contributed by atoms with Crippen LogP contribution in [0.2, 0.25) is 0 Å². The van der Waals surface area contributed by atoms with E-state index in [1.807, 2.05) is 13.8 Å². The summed E-state index contributed by atoms with van der Waals surface area (Å²) in [5.41, 5.74) is 2.24. The maximum atomic E-state index is 12.0. The van der Waals surface area contributed by atoms with E-state index < -0.39 is 0 Å². The average molecular weight is 376 g/mol. The van der Waals surface area contributed by atoms with Crippen molar-refractivity contribution in [3.05, 3.63) is 24.3 Å². The summed E-state index contributed by atoms with van der Waals surface area (Å²) < 4.78 is 2.06. The lowest BCUT2D eigenvalue weighted by molar-refractivity contribution is -0.120. The van der Waals surface area contributed by atoms with E-state index in [1.165, 1.54) is 17.4 Å². The summed E-state index contributed by atoms with van der Waals surface area (Å²) in [7, 11) is 0. The van der Waals surface area contributed by atoms with Crippen LogP contribution in [-0.4, -0.2) is 45.6 Å². The summed E-state index contributed by atoms with van der Waals surface area (Å²) in [5, 5.41) is 12.1. The Morgan fingerprint density at radius 1 is 1.15 bits per heavy atom. The van der Waals surface area contributed by atoms with Crippen molar-refractivity contribution in [1.82, 2.24) is 20.1 Å². The third-order valence-electron chi connectivity index (χ3n) is 4.29. The van der Waals surface area contributed by atoms with E-state index in [-0.39, 0.29) is 11.2 Å². The van der Waals surface area contributed by atoms with Crippen LogP contribution < -0.4 is 10.2 Å². The zero-order chi connectivity index (χ0) is 19.1. The summed E-state index contributed by atoms with van der Waals surface area (Å²) in [4.78, 5) is 14.3. The maximum Gasteiger partial charge on any atom is 0.233 e. The summed E-state index contributed by atoms with van der Waals surface area (Å²) in [6.07, 6.45) is 0. The third-order valence-corrected chi connectivity index (χ3v) is 5.37. The molecule has 142 valence electrons. The van der Waals surface area contributed by atoms with Gasteiger partial charge in [-0.25, -0.2) is 0 Å². The minimum Gasteiger partial charge on any atom is -0.372 e. The first kappa shape index (κ1) is 20.3. The number of amides is 1. The number of hydrogen-bond acceptors (Lipinski definition) is 5. The Kier molecular flexibility index (Phi) is 7.50. The fourth-order valence-corrected chi connectivity index (χ4v) is 3.75. The Morgan fingerprint density at radius 3 is 2.35 bits per heavy atom. The monoisotopic (exact) mass is 375 g/mol. The molecule has 0 saturated carbocycles. The molecule has 0 aliphatic carbocycles. The lowest BCUT2D eigenvalue weighted by Crippen LogP contribution is -2.30. The van der Waals surface area contributed by atoms with Gasteiger partial charge < -0.3 is 14.8 Å². The number of hydrogen-bond donors (Lipinski definition) is 1. The molecule has 0 unspecified atom stereocenters. The Labute approximate surface area is 160 Å². The largest absolute Gasteiger partial charge is 0.372 e. The van der Waals surface area contributed by atoms with Gasteiger partial charge in [0.15, 0.2) is 11.0 Å². The smallest absolute Gasteiger partial charge is 0.233 e. The lowest BCUT2D eigenvalue weighted by Gasteiger charge is -2.21. The first-order valence-corrected chi connectivity index (χ1v) is 10.2. The highest BCUT2D eigenvalue weighted by Crippen LogP contribution is 2.28. The molecule has 0 saturated heterocycles. The minimum atomic E-state index is -0.206. The summed E-state index contributed by atoms with van der Waals surface area (Å²) in [6.45, 7) is 13.6. The second kappa shape index (κ2) is 9.62. The number of nitrogens with one attached hydrogen (secondary N) is 1. The van der Waals surface area contributed by atoms with E-state index in [2.05, 4.69) is 70.0 Å². The quantitative estimate of drug-likeness (QED) is 0.680. The van der Waals surface area contributed by atoms with Crippen LogP contribution in [0.4, 0.5) is 5.69 Å². The van der Waals surface area contributed by atoms with Crippen molar-refractivity contribution in [1.29, 1.82) is 0 Å². The highest BCUT2D eigenvalue weighted by Gasteiger charge is 2.19. The average Bonchev–Trinajstić information content (AvgIpc) is 3.06. The van der Waals surface area contributed by atoms with Crippen LogP contribution in [0.15, 0.2) is 29.4 Å². The van der Waals surface area contributed by atoms with E-state index in [4.69, 9.17) is 0 Å². The second-order valence-electron chi connectivity index (χ2n) is 5.92. The van der Waals surface area contributed by atoms with Gasteiger partial charge in [-0.2, -0.15) is 0 Å². The fraction of sp³-hybridized carbons (Fsp3) is 0.526. The van der Waals surface area contributed by atoms with Gasteiger partial charge in [-0.3, -0.25) is 4.79 Å². The highest BCUT2D eigenvalue weighted by atomic mass is 32.2. The summed E-state index contributed by atoms with van der Waals surface area (Å²) in [5.74, 6) is 0.859. The number of aromatic nitrogens is 3. The molecule has 0 aliphatic heterocycles. The van der Waals surface area contributed by atoms with Crippen molar-refractivity contribution < 1.29 is 4.79 Å². The van der Waals surface area contributed by atoms with Crippen molar-refractivity contribution in [2.75, 3.05) is 24.5 Å². The maximum absolute atomic E-state index is 12.0. The molecular formula is C19H29N5OS. The molecule has 1 N–H and O–H groups in total. The molecule has 0 spiro atoms. The molecule has 2 rings (SSSR count). The number of carbonyl (C=O) groups is 1. The van der Waals surface area contributed by atoms with Crippen LogP contribution in [0.3, 0.4) is 0 Å². The highest BCUT2D eigenvalue weighted by molar-refractivity contribution is 8.00. The number of nitrogens with zero attached hydrogens (tertiary/aromatic N) is 4. The van der Waals surface area contributed by atoms with Gasteiger partial charge >= 0.3 is 0 Å². The number of thioether (sulfide) groups is 1. The Bertz CT molecular complexity index is 709. The molecule has 1 atom stereocenters. The van der Waals surface area contributed by atoms with Crippen LogP contribution in [-0.2, 0) is 11.3 Å². The molecule has 1 amide bonds. The van der Waals surface area contributed by atoms with Gasteiger partial charge in [-0.1, -0.05) is 11.8 Å². The van der Waals surface area contributed by atoms with Gasteiger partial charge in [0.05, 0.1) is 5.25 Å². The molecule has 1 aromatic heterocycles. The van der Waals surface area contributed by atoms with E-state index >= 15 is 0 Å². The van der Waals surface area contributed by atoms with Crippen molar-refractivity contribution in [2.24, 2.45) is 0 Å². The molecule has 1 heterocycles. The first-order chi connectivity index (χ1) is 12.5. The van der Waals surface area contributed by atoms with Gasteiger partial charge in [0, 0.05) is 37.4 Å². The first-order valence-electron chi connectivity index (χ1n) is 9.28. The summed E-state index contributed by atoms with van der Waals surface area (Å²) >= 11 is 1.44. The second-order valence-corrected chi connectivity index (χ2v) is 7.23. The minimum absolute atomic E-state index is 0.0216. The number of rotatable bonds is 9. The molecule has 6 nitrogen and oxygen atoms in total. The molecule has 0 aliphatic rings. The van der Waals surface area contributed by atoms with E-state index in [0.29, 0.717) is 6.54 Å². The zero-order valence-corrected chi connectivity index (χ0v) is 17.1. The molecular weight excluding hydrogens is 346 g/mol.